The molecule has 0 saturated heterocycles. The highest BCUT2D eigenvalue weighted by atomic mass is 35.5. The Kier molecular flexibility index (Phi) is 5.25. The van der Waals surface area contributed by atoms with Gasteiger partial charge in [0.05, 0.1) is 11.1 Å². The average Bonchev–Trinajstić information content (AvgIpc) is 3.01. The summed E-state index contributed by atoms with van der Waals surface area (Å²) in [5, 5.41) is 3.35. The lowest BCUT2D eigenvalue weighted by Gasteiger charge is -2.21. The van der Waals surface area contributed by atoms with Crippen molar-refractivity contribution in [2.75, 3.05) is 5.32 Å². The van der Waals surface area contributed by atoms with Crippen LogP contribution in [-0.2, 0) is 4.79 Å². The number of anilines is 1. The van der Waals surface area contributed by atoms with Crippen molar-refractivity contribution in [1.82, 2.24) is 4.90 Å². The Morgan fingerprint density at radius 1 is 0.867 bits per heavy atom. The molecule has 0 unspecified atom stereocenters. The lowest BCUT2D eigenvalue weighted by molar-refractivity contribution is -0.119. The van der Waals surface area contributed by atoms with E-state index in [0.29, 0.717) is 33.3 Å². The number of halogens is 1. The van der Waals surface area contributed by atoms with E-state index < -0.39 is 23.8 Å². The molecule has 1 aliphatic rings. The summed E-state index contributed by atoms with van der Waals surface area (Å²) in [6, 6.07) is 19.3. The van der Waals surface area contributed by atoms with Crippen LogP contribution in [0.15, 0.2) is 72.8 Å². The monoisotopic (exact) mass is 420 g/mol. The fourth-order valence-electron chi connectivity index (χ4n) is 3.17. The summed E-state index contributed by atoms with van der Waals surface area (Å²) in [4.78, 5) is 38.7. The van der Waals surface area contributed by atoms with Gasteiger partial charge in [0, 0.05) is 10.7 Å². The minimum atomic E-state index is -0.956. The smallest absolute Gasteiger partial charge is 0.262 e. The summed E-state index contributed by atoms with van der Waals surface area (Å²) in [5.74, 6) is -0.176. The Hall–Kier alpha value is -3.64. The second-order valence-electron chi connectivity index (χ2n) is 6.77. The molecule has 7 heteroatoms. The van der Waals surface area contributed by atoms with Crippen LogP contribution in [0.25, 0.3) is 0 Å². The normalized spacial score (nSPS) is 13.7. The number of hydrogen-bond donors (Lipinski definition) is 1. The van der Waals surface area contributed by atoms with Crippen molar-refractivity contribution in [1.29, 1.82) is 0 Å². The molecule has 150 valence electrons. The number of nitrogens with one attached hydrogen (secondary N) is 1. The molecule has 0 aliphatic carbocycles. The zero-order valence-corrected chi connectivity index (χ0v) is 16.7. The van der Waals surface area contributed by atoms with E-state index in [-0.39, 0.29) is 0 Å². The number of fused-ring (bicyclic) bond motifs is 1. The van der Waals surface area contributed by atoms with Crippen molar-refractivity contribution in [3.63, 3.8) is 0 Å². The van der Waals surface area contributed by atoms with Crippen LogP contribution in [0.2, 0.25) is 5.02 Å². The van der Waals surface area contributed by atoms with Crippen LogP contribution in [0.5, 0.6) is 11.5 Å². The van der Waals surface area contributed by atoms with Crippen molar-refractivity contribution in [2.24, 2.45) is 0 Å². The molecule has 3 aromatic carbocycles. The van der Waals surface area contributed by atoms with Gasteiger partial charge >= 0.3 is 0 Å². The minimum Gasteiger partial charge on any atom is -0.457 e. The molecule has 0 aromatic heterocycles. The molecule has 30 heavy (non-hydrogen) atoms. The molecule has 1 atom stereocenters. The maximum Gasteiger partial charge on any atom is 0.262 e. The molecule has 3 aromatic rings. The predicted octanol–water partition coefficient (Wildman–Crippen LogP) is 4.76. The van der Waals surface area contributed by atoms with E-state index in [9.17, 15) is 14.4 Å². The molecule has 0 bridgehead atoms. The van der Waals surface area contributed by atoms with E-state index in [1.165, 1.54) is 6.92 Å². The zero-order chi connectivity index (χ0) is 21.3. The molecule has 0 radical (unpaired) electrons. The lowest BCUT2D eigenvalue weighted by Crippen LogP contribution is -2.45. The van der Waals surface area contributed by atoms with Crippen molar-refractivity contribution >= 4 is 35.0 Å². The predicted molar refractivity (Wildman–Crippen MR) is 113 cm³/mol. The molecular weight excluding hydrogens is 404 g/mol. The first-order valence-corrected chi connectivity index (χ1v) is 9.63. The van der Waals surface area contributed by atoms with Crippen molar-refractivity contribution < 1.29 is 19.1 Å². The minimum absolute atomic E-state index is 0.311. The molecule has 0 saturated carbocycles. The van der Waals surface area contributed by atoms with Crippen LogP contribution in [0.1, 0.15) is 27.6 Å². The first kappa shape index (κ1) is 19.7. The Morgan fingerprint density at radius 2 is 1.37 bits per heavy atom. The molecular formula is C23H17ClN2O4. The SMILES string of the molecule is C[C@@H](C(=O)Nc1ccc(Oc2ccc(Cl)cc2)cc1)N1C(=O)c2ccccc2C1=O. The van der Waals surface area contributed by atoms with E-state index in [4.69, 9.17) is 16.3 Å². The molecule has 0 fully saturated rings. The first-order valence-electron chi connectivity index (χ1n) is 9.25. The number of carbonyl (C=O) groups is 3. The highest BCUT2D eigenvalue weighted by Crippen LogP contribution is 2.26. The van der Waals surface area contributed by atoms with Gasteiger partial charge in [0.1, 0.15) is 17.5 Å². The third-order valence-electron chi connectivity index (χ3n) is 4.76. The van der Waals surface area contributed by atoms with Crippen molar-refractivity contribution in [3.8, 4) is 11.5 Å². The number of amides is 3. The second-order valence-corrected chi connectivity index (χ2v) is 7.21. The fourth-order valence-corrected chi connectivity index (χ4v) is 3.29. The van der Waals surface area contributed by atoms with Crippen LogP contribution in [0.4, 0.5) is 5.69 Å². The summed E-state index contributed by atoms with van der Waals surface area (Å²) in [7, 11) is 0. The fraction of sp³-hybridized carbons (Fsp3) is 0.0870. The number of hydrogen-bond acceptors (Lipinski definition) is 4. The average molecular weight is 421 g/mol. The number of nitrogens with zero attached hydrogens (tertiary/aromatic N) is 1. The van der Waals surface area contributed by atoms with Crippen LogP contribution in [0.3, 0.4) is 0 Å². The standard InChI is InChI=1S/C23H17ClN2O4/c1-14(26-22(28)19-4-2-3-5-20(19)23(26)29)21(27)25-16-8-12-18(13-9-16)30-17-10-6-15(24)7-11-17/h2-14H,1H3,(H,25,27)/t14-/m0/s1. The Labute approximate surface area is 178 Å². The Bertz CT molecular complexity index is 1090. The van der Waals surface area contributed by atoms with Gasteiger partial charge in [-0.2, -0.15) is 0 Å². The maximum absolute atomic E-state index is 12.6. The lowest BCUT2D eigenvalue weighted by atomic mass is 10.1. The van der Waals surface area contributed by atoms with Gasteiger partial charge in [-0.3, -0.25) is 19.3 Å². The summed E-state index contributed by atoms with van der Waals surface area (Å²) in [5.41, 5.74) is 1.14. The van der Waals surface area contributed by atoms with E-state index in [0.717, 1.165) is 4.90 Å². The van der Waals surface area contributed by atoms with Crippen molar-refractivity contribution in [2.45, 2.75) is 13.0 Å². The quantitative estimate of drug-likeness (QED) is 0.604. The third kappa shape index (κ3) is 3.77. The second kappa shape index (κ2) is 8.00. The van der Waals surface area contributed by atoms with Gasteiger partial charge in [-0.15, -0.1) is 0 Å². The largest absolute Gasteiger partial charge is 0.457 e. The Morgan fingerprint density at radius 3 is 1.90 bits per heavy atom. The van der Waals surface area contributed by atoms with Crippen LogP contribution in [-0.4, -0.2) is 28.7 Å². The van der Waals surface area contributed by atoms with Gasteiger partial charge in [-0.25, -0.2) is 0 Å². The van der Waals surface area contributed by atoms with Gasteiger partial charge in [-0.1, -0.05) is 23.7 Å². The third-order valence-corrected chi connectivity index (χ3v) is 5.02. The number of imide groups is 1. The highest BCUT2D eigenvalue weighted by molar-refractivity contribution is 6.30. The summed E-state index contributed by atoms with van der Waals surface area (Å²) < 4.78 is 5.72. The van der Waals surface area contributed by atoms with E-state index >= 15 is 0 Å². The molecule has 4 rings (SSSR count). The summed E-state index contributed by atoms with van der Waals surface area (Å²) >= 11 is 5.86. The van der Waals surface area contributed by atoms with E-state index in [2.05, 4.69) is 5.32 Å². The Balaban J connectivity index is 1.42. The van der Waals surface area contributed by atoms with Crippen LogP contribution >= 0.6 is 11.6 Å². The van der Waals surface area contributed by atoms with E-state index in [1.807, 2.05) is 0 Å². The number of carbonyl (C=O) groups excluding carboxylic acids is 3. The van der Waals surface area contributed by atoms with Gasteiger partial charge in [0.25, 0.3) is 11.8 Å². The zero-order valence-electron chi connectivity index (χ0n) is 16.0. The van der Waals surface area contributed by atoms with Crippen LogP contribution < -0.4 is 10.1 Å². The summed E-state index contributed by atoms with van der Waals surface area (Å²) in [6.45, 7) is 1.52. The number of rotatable bonds is 5. The number of ether oxygens (including phenoxy) is 1. The van der Waals surface area contributed by atoms with Gasteiger partial charge in [-0.05, 0) is 67.6 Å². The first-order chi connectivity index (χ1) is 14.4. The maximum atomic E-state index is 12.6. The molecule has 3 amide bonds. The molecule has 6 nitrogen and oxygen atoms in total. The summed E-state index contributed by atoms with van der Waals surface area (Å²) in [6.07, 6.45) is 0. The molecule has 1 aliphatic heterocycles. The van der Waals surface area contributed by atoms with Gasteiger partial charge in [0.15, 0.2) is 0 Å². The topological polar surface area (TPSA) is 75.7 Å². The van der Waals surface area contributed by atoms with Crippen LogP contribution in [0, 0.1) is 0 Å². The molecule has 1 heterocycles. The van der Waals surface area contributed by atoms with Gasteiger partial charge in [0.2, 0.25) is 5.91 Å². The van der Waals surface area contributed by atoms with Crippen molar-refractivity contribution in [3.05, 3.63) is 88.9 Å². The molecule has 0 spiro atoms. The highest BCUT2D eigenvalue weighted by Gasteiger charge is 2.40. The van der Waals surface area contributed by atoms with Gasteiger partial charge < -0.3 is 10.1 Å². The number of benzene rings is 3. The molecule has 1 N–H and O–H groups in total. The van der Waals surface area contributed by atoms with E-state index in [1.54, 1.807) is 72.8 Å².